The van der Waals surface area contributed by atoms with Crippen LogP contribution in [0.25, 0.3) is 16.5 Å². The Morgan fingerprint density at radius 2 is 1.90 bits per heavy atom. The van der Waals surface area contributed by atoms with Crippen LogP contribution in [-0.2, 0) is 4.74 Å². The predicted octanol–water partition coefficient (Wildman–Crippen LogP) is 2.54. The highest BCUT2D eigenvalue weighted by Gasteiger charge is 2.37. The number of aromatic hydroxyl groups is 1. The molecular weight excluding hydrogens is 388 g/mol. The molecule has 5 rings (SSSR count). The molecule has 0 amide bonds. The van der Waals surface area contributed by atoms with E-state index in [-0.39, 0.29) is 24.1 Å². The van der Waals surface area contributed by atoms with E-state index in [0.717, 1.165) is 23.5 Å². The maximum atomic E-state index is 11.1. The molecule has 0 bridgehead atoms. The number of morpholine rings is 1. The number of quaternary nitrogens is 1. The topological polar surface area (TPSA) is 77.2 Å². The van der Waals surface area contributed by atoms with Gasteiger partial charge in [0.1, 0.15) is 30.2 Å². The molecule has 1 aliphatic rings. The van der Waals surface area contributed by atoms with Crippen molar-refractivity contribution in [3.05, 3.63) is 59.2 Å². The first-order valence-electron chi connectivity index (χ1n) is 9.77. The third-order valence-electron chi connectivity index (χ3n) is 5.31. The first-order chi connectivity index (χ1) is 14.1. The summed E-state index contributed by atoms with van der Waals surface area (Å²) in [5.74, 6) is 1.20. The number of thiazole rings is 1. The molecule has 2 N–H and O–H groups in total. The summed E-state index contributed by atoms with van der Waals surface area (Å²) in [6, 6.07) is 13.9. The van der Waals surface area contributed by atoms with Crippen LogP contribution in [0.4, 0.5) is 0 Å². The number of nitrogens with zero attached hydrogens (tertiary/aromatic N) is 3. The summed E-state index contributed by atoms with van der Waals surface area (Å²) in [5, 5.41) is 15.6. The minimum absolute atomic E-state index is 0.00874. The van der Waals surface area contributed by atoms with Crippen LogP contribution in [0.5, 0.6) is 5.88 Å². The molecule has 0 radical (unpaired) electrons. The van der Waals surface area contributed by atoms with Crippen LogP contribution < -0.4 is 4.90 Å². The van der Waals surface area contributed by atoms with Gasteiger partial charge in [-0.25, -0.2) is 0 Å². The SMILES string of the molecule is C[C@@H]1C[NH+]([C@@H](c2ccccc2)c2sc3nc(-c4ccco4)nn3c2O)C[C@@H](C)O1. The van der Waals surface area contributed by atoms with Crippen molar-refractivity contribution in [2.24, 2.45) is 0 Å². The molecule has 0 saturated carbocycles. The van der Waals surface area contributed by atoms with Gasteiger partial charge in [0.2, 0.25) is 16.7 Å². The molecule has 150 valence electrons. The molecule has 3 aromatic heterocycles. The van der Waals surface area contributed by atoms with Crippen LogP contribution in [0.3, 0.4) is 0 Å². The van der Waals surface area contributed by atoms with E-state index >= 15 is 0 Å². The van der Waals surface area contributed by atoms with E-state index in [1.54, 1.807) is 12.3 Å². The minimum atomic E-state index is -0.00874. The number of nitrogens with one attached hydrogen (secondary N) is 1. The van der Waals surface area contributed by atoms with Crippen molar-refractivity contribution in [1.82, 2.24) is 14.6 Å². The van der Waals surface area contributed by atoms with Gasteiger partial charge < -0.3 is 19.2 Å². The Hall–Kier alpha value is -2.68. The first-order valence-corrected chi connectivity index (χ1v) is 10.6. The number of furan rings is 1. The van der Waals surface area contributed by atoms with E-state index in [2.05, 4.69) is 36.1 Å². The van der Waals surface area contributed by atoms with E-state index in [4.69, 9.17) is 9.15 Å². The lowest BCUT2D eigenvalue weighted by molar-refractivity contribution is -0.939. The summed E-state index contributed by atoms with van der Waals surface area (Å²) >= 11 is 1.48. The summed E-state index contributed by atoms with van der Waals surface area (Å²) in [4.78, 5) is 7.46. The lowest BCUT2D eigenvalue weighted by Crippen LogP contribution is -3.15. The monoisotopic (exact) mass is 411 g/mol. The Morgan fingerprint density at radius 1 is 1.14 bits per heavy atom. The Labute approximate surface area is 172 Å². The summed E-state index contributed by atoms with van der Waals surface area (Å²) in [6.07, 6.45) is 1.91. The van der Waals surface area contributed by atoms with Gasteiger partial charge in [0.05, 0.1) is 6.26 Å². The molecule has 4 heterocycles. The van der Waals surface area contributed by atoms with Crippen LogP contribution in [0.2, 0.25) is 0 Å². The Balaban J connectivity index is 1.59. The van der Waals surface area contributed by atoms with Gasteiger partial charge in [-0.1, -0.05) is 41.7 Å². The van der Waals surface area contributed by atoms with Crippen molar-refractivity contribution in [3.8, 4) is 17.5 Å². The Morgan fingerprint density at radius 3 is 2.55 bits per heavy atom. The lowest BCUT2D eigenvalue weighted by atomic mass is 10.0. The first kappa shape index (κ1) is 18.4. The van der Waals surface area contributed by atoms with Gasteiger partial charge in [0.25, 0.3) is 0 Å². The summed E-state index contributed by atoms with van der Waals surface area (Å²) in [6.45, 7) is 5.95. The van der Waals surface area contributed by atoms with Crippen molar-refractivity contribution < 1.29 is 19.2 Å². The van der Waals surface area contributed by atoms with Gasteiger partial charge in [0, 0.05) is 5.56 Å². The average molecular weight is 412 g/mol. The van der Waals surface area contributed by atoms with Crippen LogP contribution in [-0.4, -0.2) is 45.0 Å². The Bertz CT molecular complexity index is 1100. The molecule has 0 aliphatic carbocycles. The number of hydrogen-bond donors (Lipinski definition) is 2. The highest BCUT2D eigenvalue weighted by molar-refractivity contribution is 7.17. The summed E-state index contributed by atoms with van der Waals surface area (Å²) in [7, 11) is 0. The molecule has 7 nitrogen and oxygen atoms in total. The van der Waals surface area contributed by atoms with Gasteiger partial charge in [-0.3, -0.25) is 0 Å². The maximum Gasteiger partial charge on any atom is 0.235 e. The molecule has 1 aliphatic heterocycles. The van der Waals surface area contributed by atoms with E-state index in [1.807, 2.05) is 24.3 Å². The molecule has 1 fully saturated rings. The van der Waals surface area contributed by atoms with Gasteiger partial charge in [-0.15, -0.1) is 5.10 Å². The number of ether oxygens (including phenoxy) is 1. The standard InChI is InChI=1S/C21H22N4O3S/c1-13-11-24(12-14(2)28-13)17(15-7-4-3-5-8-15)18-20(26)25-21(29-18)22-19(23-25)16-9-6-10-27-16/h3-10,13-14,17,26H,11-12H2,1-2H3/p+1/t13-,14-,17+/m1/s1. The van der Waals surface area contributed by atoms with Crippen LogP contribution in [0, 0.1) is 0 Å². The fourth-order valence-electron chi connectivity index (χ4n) is 4.22. The Kier molecular flexibility index (Phi) is 4.61. The number of benzene rings is 1. The quantitative estimate of drug-likeness (QED) is 0.540. The highest BCUT2D eigenvalue weighted by Crippen LogP contribution is 2.36. The normalized spacial score (nSPS) is 23.4. The van der Waals surface area contributed by atoms with E-state index in [0.29, 0.717) is 16.5 Å². The second-order valence-electron chi connectivity index (χ2n) is 7.56. The zero-order chi connectivity index (χ0) is 20.0. The van der Waals surface area contributed by atoms with Crippen LogP contribution in [0.1, 0.15) is 30.3 Å². The number of fused-ring (bicyclic) bond motifs is 1. The van der Waals surface area contributed by atoms with Crippen LogP contribution >= 0.6 is 11.3 Å². The lowest BCUT2D eigenvalue weighted by Gasteiger charge is -2.37. The van der Waals surface area contributed by atoms with Gasteiger partial charge in [0.15, 0.2) is 11.8 Å². The summed E-state index contributed by atoms with van der Waals surface area (Å²) in [5.41, 5.74) is 1.16. The zero-order valence-electron chi connectivity index (χ0n) is 16.3. The van der Waals surface area contributed by atoms with Gasteiger partial charge in [-0.05, 0) is 26.0 Å². The highest BCUT2D eigenvalue weighted by atomic mass is 32.1. The molecular formula is C21H23N4O3S+. The van der Waals surface area contributed by atoms with Crippen molar-refractivity contribution >= 4 is 16.3 Å². The average Bonchev–Trinajstić information content (AvgIpc) is 3.41. The van der Waals surface area contributed by atoms with E-state index < -0.39 is 0 Å². The molecule has 0 spiro atoms. The van der Waals surface area contributed by atoms with Crippen LogP contribution in [0.15, 0.2) is 53.1 Å². The smallest absolute Gasteiger partial charge is 0.235 e. The molecule has 1 aromatic carbocycles. The number of aromatic nitrogens is 3. The van der Waals surface area contributed by atoms with Crippen molar-refractivity contribution in [1.29, 1.82) is 0 Å². The van der Waals surface area contributed by atoms with Crippen molar-refractivity contribution in [3.63, 3.8) is 0 Å². The molecule has 4 aromatic rings. The van der Waals surface area contributed by atoms with Gasteiger partial charge >= 0.3 is 0 Å². The third-order valence-corrected chi connectivity index (χ3v) is 6.39. The molecule has 29 heavy (non-hydrogen) atoms. The minimum Gasteiger partial charge on any atom is -0.492 e. The van der Waals surface area contributed by atoms with Crippen molar-refractivity contribution in [2.75, 3.05) is 13.1 Å². The predicted molar refractivity (Wildman–Crippen MR) is 109 cm³/mol. The number of hydrogen-bond acceptors (Lipinski definition) is 6. The zero-order valence-corrected chi connectivity index (χ0v) is 17.1. The largest absolute Gasteiger partial charge is 0.492 e. The van der Waals surface area contributed by atoms with E-state index in [1.165, 1.54) is 20.8 Å². The molecule has 8 heteroatoms. The van der Waals surface area contributed by atoms with E-state index in [9.17, 15) is 5.11 Å². The maximum absolute atomic E-state index is 11.1. The summed E-state index contributed by atoms with van der Waals surface area (Å²) < 4.78 is 12.9. The molecule has 1 saturated heterocycles. The fraction of sp³-hybridized carbons (Fsp3) is 0.333. The van der Waals surface area contributed by atoms with Crippen molar-refractivity contribution in [2.45, 2.75) is 32.1 Å². The van der Waals surface area contributed by atoms with Gasteiger partial charge in [-0.2, -0.15) is 9.50 Å². The number of rotatable bonds is 4. The second kappa shape index (κ2) is 7.29. The second-order valence-corrected chi connectivity index (χ2v) is 8.57. The fourth-order valence-corrected chi connectivity index (χ4v) is 5.36. The third kappa shape index (κ3) is 3.33. The molecule has 3 atom stereocenters. The molecule has 0 unspecified atom stereocenters.